The summed E-state index contributed by atoms with van der Waals surface area (Å²) < 4.78 is 146. The predicted octanol–water partition coefficient (Wildman–Crippen LogP) is 8.98. The van der Waals surface area contributed by atoms with Crippen LogP contribution in [0.2, 0.25) is 0 Å². The zero-order chi connectivity index (χ0) is 85.5. The summed E-state index contributed by atoms with van der Waals surface area (Å²) in [5, 5.41) is 9.66. The maximum Gasteiger partial charge on any atom is 0.488 e. The second-order valence-corrected chi connectivity index (χ2v) is 40.0. The van der Waals surface area contributed by atoms with Crippen LogP contribution in [-0.4, -0.2) is 203 Å². The largest absolute Gasteiger partial charge is 0.488 e. The fourth-order valence-corrected chi connectivity index (χ4v) is 20.7. The molecule has 6 unspecified atom stereocenters. The van der Waals surface area contributed by atoms with Crippen LogP contribution < -0.4 is 16.0 Å². The monoisotopic (exact) mass is 1810 g/mol. The summed E-state index contributed by atoms with van der Waals surface area (Å²) in [6.07, 6.45) is 24.4. The van der Waals surface area contributed by atoms with Crippen molar-refractivity contribution in [1.82, 2.24) is 63.5 Å². The lowest BCUT2D eigenvalue weighted by Crippen LogP contribution is -2.30. The molecule has 9 atom stereocenters. The smallest absolute Gasteiger partial charge is 0.368 e. The van der Waals surface area contributed by atoms with Crippen LogP contribution >= 0.6 is 69.7 Å². The zero-order valence-electron chi connectivity index (χ0n) is 63.1. The molecule has 7 rings (SSSR count). The minimum atomic E-state index is -5.54. The summed E-state index contributed by atoms with van der Waals surface area (Å²) in [7, 11) is -47.7. The normalized spacial score (nSPS) is 16.8. The molecule has 0 saturated heterocycles. The Morgan fingerprint density at radius 1 is 0.383 bits per heavy atom. The highest BCUT2D eigenvalue weighted by Crippen LogP contribution is 2.68. The minimum Gasteiger partial charge on any atom is -0.368 e. The Balaban J connectivity index is 0.000000309. The fraction of sp³-hybridized carbons (Fsp3) is 0.649. The van der Waals surface area contributed by atoms with Crippen molar-refractivity contribution in [3.05, 3.63) is 50.1 Å². The Morgan fingerprint density at radius 3 is 0.991 bits per heavy atom. The Hall–Kier alpha value is -5.17. The van der Waals surface area contributed by atoms with Gasteiger partial charge in [-0.1, -0.05) is 90.9 Å². The summed E-state index contributed by atoms with van der Waals surface area (Å²) in [4.78, 5) is 183. The van der Waals surface area contributed by atoms with Crippen molar-refractivity contribution in [2.45, 2.75) is 195 Å². The molecular formula is C57H99N16O33P9. The standard InChI is InChI=1S/C21H33N6O12P3.C18H32N5O11P3.C18H34N5O10P3/c1-16(37-15-40(30,31)38-42(35,36)39-41(32,33)34)12-26-14-25-19-20(23-13-24-21(19)26)22-10-6-4-2-3-5-7-11-27-17(28)8-9-18(27)29;1-3-4-5-7-15(24)8-6-9-19-17-16-18(21-11-20-17)23(12-22-16)10-14(2)32-13-35(25,26)33-37(30,31)34-36(27,28)29;1-3-4-5-6-7-8-9-10-19-17-16-18(21-12-20-17)23(13-22-16)11-15(2)31-14-34(24,25)32-36(29,30)33-35(26,27)28/h8-9,13-14,16H,2-7,10-12,15H2,1H3,(H,30,31)(H,35,36)(H,22,23,24)(H2,32,33,34);11-12,14H,3-10,13H2,1-2H3,(H,25,26)(H,30,31)(H,19,20,21)(H2,27,28,29);12-13,15H,3-11,14H2,1-2H3,(H,24,25)(H,29,30)(H,19,20,21)(H2,26,27,28)/t16-;14-;15-/m111/s1. The van der Waals surface area contributed by atoms with Crippen molar-refractivity contribution in [3.63, 3.8) is 0 Å². The van der Waals surface area contributed by atoms with Crippen molar-refractivity contribution >= 4 is 138 Å². The van der Waals surface area contributed by atoms with Crippen LogP contribution in [0.25, 0.3) is 33.5 Å². The molecule has 6 aromatic heterocycles. The lowest BCUT2D eigenvalue weighted by Gasteiger charge is -2.19. The van der Waals surface area contributed by atoms with Crippen LogP contribution in [0.3, 0.4) is 0 Å². The van der Waals surface area contributed by atoms with E-state index in [1.54, 1.807) is 27.5 Å². The van der Waals surface area contributed by atoms with E-state index in [-0.39, 0.29) is 37.2 Å². The Kier molecular flexibility index (Phi) is 41.2. The molecule has 1 aliphatic heterocycles. The van der Waals surface area contributed by atoms with Crippen molar-refractivity contribution in [2.24, 2.45) is 0 Å². The molecule has 0 aromatic carbocycles. The van der Waals surface area contributed by atoms with Crippen LogP contribution in [0.5, 0.6) is 0 Å². The van der Waals surface area contributed by atoms with E-state index in [0.717, 1.165) is 77.2 Å². The molecule has 58 heteroatoms. The summed E-state index contributed by atoms with van der Waals surface area (Å²) in [5.74, 6) is 1.32. The number of hydrogen-bond acceptors (Lipinski definition) is 33. The van der Waals surface area contributed by atoms with E-state index >= 15 is 0 Å². The summed E-state index contributed by atoms with van der Waals surface area (Å²) >= 11 is 0. The van der Waals surface area contributed by atoms with E-state index in [1.165, 1.54) is 94.0 Å². The molecule has 6 aromatic rings. The molecule has 0 bridgehead atoms. The lowest BCUT2D eigenvalue weighted by molar-refractivity contribution is -0.137. The van der Waals surface area contributed by atoms with E-state index in [9.17, 15) is 84.8 Å². The quantitative estimate of drug-likeness (QED) is 0.00961. The first-order valence-corrected chi connectivity index (χ1v) is 50.0. The SMILES string of the molecule is CCCCCC(=O)CCCNc1ncnc2c1ncn2C[C@@H](C)OCP(=O)(O)OP(=O)(O)OP(=O)(O)O.CCCCCCCCCNc1ncnc2c1ncn2C[C@@H](C)OCP(=O)(O)OP(=O)(O)OP(=O)(O)O.C[C@H](Cn1cnc2c(NCCCCCCCCN3C(=O)C=CC3=O)ncnc21)OCP(=O)(O)OP(=O)(O)OP(=O)(O)O. The van der Waals surface area contributed by atoms with E-state index in [1.807, 2.05) is 0 Å². The number of phosphoric acid groups is 6. The van der Waals surface area contributed by atoms with E-state index in [2.05, 4.69) is 101 Å². The first-order valence-electron chi connectivity index (χ1n) is 35.7. The van der Waals surface area contributed by atoms with Crippen molar-refractivity contribution in [1.29, 1.82) is 0 Å². The third-order valence-electron chi connectivity index (χ3n) is 15.5. The fourth-order valence-electron chi connectivity index (χ4n) is 10.5. The van der Waals surface area contributed by atoms with Crippen LogP contribution in [0.15, 0.2) is 50.1 Å². The number of ketones is 1. The average Bonchev–Trinajstić information content (AvgIpc) is 1.68. The number of aromatic nitrogens is 12. The molecule has 49 nitrogen and oxygen atoms in total. The number of anilines is 3. The van der Waals surface area contributed by atoms with Crippen LogP contribution in [0.1, 0.15) is 157 Å². The third kappa shape index (κ3) is 39.7. The maximum atomic E-state index is 12.0. The number of fused-ring (bicyclic) bond motifs is 3. The Bertz CT molecular complexity index is 4600. The van der Waals surface area contributed by atoms with Gasteiger partial charge in [-0.15, -0.1) is 0 Å². The number of ether oxygens (including phenoxy) is 3. The third-order valence-corrected chi connectivity index (χ3v) is 27.5. The first kappa shape index (κ1) is 100. The van der Waals surface area contributed by atoms with Gasteiger partial charge >= 0.3 is 69.7 Å². The minimum absolute atomic E-state index is 0.106. The molecule has 1 aliphatic rings. The first-order chi connectivity index (χ1) is 53.7. The van der Waals surface area contributed by atoms with Crippen LogP contribution in [0.4, 0.5) is 17.5 Å². The number of nitrogens with zero attached hydrogens (tertiary/aromatic N) is 13. The number of unbranched alkanes of at least 4 members (excludes halogenated alkanes) is 13. The van der Waals surface area contributed by atoms with Gasteiger partial charge in [0.25, 0.3) is 11.8 Å². The van der Waals surface area contributed by atoms with Crippen LogP contribution in [-0.2, 0) is 115 Å². The number of nitrogens with one attached hydrogen (secondary N) is 3. The van der Waals surface area contributed by atoms with Gasteiger partial charge < -0.3 is 103 Å². The Morgan fingerprint density at radius 2 is 0.670 bits per heavy atom. The van der Waals surface area contributed by atoms with E-state index in [0.29, 0.717) is 89.8 Å². The number of imidazole rings is 3. The number of rotatable bonds is 55. The number of hydrogen-bond donors (Lipinski definition) is 15. The highest BCUT2D eigenvalue weighted by molar-refractivity contribution is 7.69. The number of Topliss-reactive ketones (excluding diaryl/α,β-unsaturated/α-hetero) is 1. The molecule has 0 saturated carbocycles. The van der Waals surface area contributed by atoms with Gasteiger partial charge in [0.2, 0.25) is 0 Å². The van der Waals surface area contributed by atoms with Gasteiger partial charge in [0.15, 0.2) is 34.4 Å². The predicted molar refractivity (Wildman–Crippen MR) is 409 cm³/mol. The summed E-state index contributed by atoms with van der Waals surface area (Å²) in [5.41, 5.74) is 2.95. The molecule has 15 N–H and O–H groups in total. The van der Waals surface area contributed by atoms with Gasteiger partial charge in [0, 0.05) is 51.2 Å². The molecular weight excluding hydrogens is 1720 g/mol. The molecule has 0 aliphatic carbocycles. The van der Waals surface area contributed by atoms with Gasteiger partial charge in [-0.05, 0) is 52.9 Å². The van der Waals surface area contributed by atoms with Gasteiger partial charge in [0.05, 0.1) is 56.9 Å². The molecule has 650 valence electrons. The summed E-state index contributed by atoms with van der Waals surface area (Å²) in [6.45, 7) is 11.6. The maximum absolute atomic E-state index is 12.0. The topological polar surface area (TPSA) is 701 Å². The molecule has 0 spiro atoms. The van der Waals surface area contributed by atoms with Gasteiger partial charge in [-0.3, -0.25) is 33.0 Å². The molecule has 115 heavy (non-hydrogen) atoms. The van der Waals surface area contributed by atoms with Gasteiger partial charge in [-0.2, -0.15) is 12.9 Å². The molecule has 7 heterocycles. The van der Waals surface area contributed by atoms with Gasteiger partial charge in [0.1, 0.15) is 60.4 Å². The van der Waals surface area contributed by atoms with E-state index in [4.69, 9.17) is 43.6 Å². The second kappa shape index (κ2) is 47.1. The van der Waals surface area contributed by atoms with Gasteiger partial charge in [-0.25, -0.2) is 85.2 Å². The van der Waals surface area contributed by atoms with Crippen molar-refractivity contribution < 1.29 is 154 Å². The lowest BCUT2D eigenvalue weighted by atomic mass is 10.1. The van der Waals surface area contributed by atoms with Crippen LogP contribution in [0, 0.1) is 0 Å². The van der Waals surface area contributed by atoms with Crippen molar-refractivity contribution in [3.8, 4) is 0 Å². The molecule has 2 amide bonds. The number of carbonyl (C=O) groups is 3. The highest BCUT2D eigenvalue weighted by atomic mass is 31.3. The number of carbonyl (C=O) groups excluding carboxylic acids is 3. The highest BCUT2D eigenvalue weighted by Gasteiger charge is 2.43. The Labute approximate surface area is 659 Å². The summed E-state index contributed by atoms with van der Waals surface area (Å²) in [6, 6.07) is 0. The average molecular weight is 1820 g/mol. The van der Waals surface area contributed by atoms with Crippen molar-refractivity contribution in [2.75, 3.05) is 61.2 Å². The second-order valence-electron chi connectivity index (χ2n) is 25.8. The van der Waals surface area contributed by atoms with E-state index < -0.39 is 107 Å². The molecule has 0 radical (unpaired) electrons. The zero-order valence-corrected chi connectivity index (χ0v) is 71.2. The molecule has 0 fully saturated rings. The number of imide groups is 1. The number of amides is 2.